The van der Waals surface area contributed by atoms with E-state index in [2.05, 4.69) is 52.8 Å². The van der Waals surface area contributed by atoms with Gasteiger partial charge >= 0.3 is 5.97 Å². The molecule has 2 bridgehead atoms. The molecule has 7 rings (SSSR count). The van der Waals surface area contributed by atoms with Crippen LogP contribution in [0.4, 0.5) is 0 Å². The molecule has 2 aromatic rings. The van der Waals surface area contributed by atoms with Crippen molar-refractivity contribution in [2.24, 2.45) is 11.7 Å². The summed E-state index contributed by atoms with van der Waals surface area (Å²) in [7, 11) is 3.73. The number of nitrogens with zero attached hydrogens (tertiary/aromatic N) is 3. The summed E-state index contributed by atoms with van der Waals surface area (Å²) >= 11 is 0. The quantitative estimate of drug-likeness (QED) is 0.106. The van der Waals surface area contributed by atoms with Crippen LogP contribution in [0.2, 0.25) is 0 Å². The Balaban J connectivity index is 1.31. The lowest BCUT2D eigenvalue weighted by Gasteiger charge is -2.34. The van der Waals surface area contributed by atoms with Gasteiger partial charge in [0.25, 0.3) is 0 Å². The summed E-state index contributed by atoms with van der Waals surface area (Å²) in [5.74, 6) is -12.7. The van der Waals surface area contributed by atoms with E-state index >= 15 is 9.59 Å². The second kappa shape index (κ2) is 35.6. The van der Waals surface area contributed by atoms with E-state index in [1.807, 2.05) is 31.2 Å². The van der Waals surface area contributed by atoms with E-state index in [1.54, 1.807) is 27.0 Å². The number of benzene rings is 1. The maximum atomic E-state index is 15.1. The number of hydrogen-bond donors (Lipinski definition) is 13. The topological polar surface area (TPSA) is 422 Å². The number of aromatic nitrogens is 1. The third-order valence-electron chi connectivity index (χ3n) is 17.3. The predicted octanol–water partition coefficient (Wildman–Crippen LogP) is -1.09. The molecule has 29 nitrogen and oxygen atoms in total. The Morgan fingerprint density at radius 2 is 1.12 bits per heavy atom. The zero-order valence-electron chi connectivity index (χ0n) is 52.7. The number of aliphatic hydroxyl groups is 1. The lowest BCUT2D eigenvalue weighted by atomic mass is 9.96. The highest BCUT2D eigenvalue weighted by molar-refractivity contribution is 8.77. The first kappa shape index (κ1) is 73.6. The van der Waals surface area contributed by atoms with Crippen LogP contribution in [0.1, 0.15) is 110 Å². The molecule has 0 spiro atoms. The number of nitrogens with two attached hydrogens (primary N) is 1. The Labute approximate surface area is 555 Å². The predicted molar refractivity (Wildman–Crippen MR) is 351 cm³/mol. The molecule has 12 amide bonds. The van der Waals surface area contributed by atoms with Gasteiger partial charge in [0, 0.05) is 66.2 Å². The summed E-state index contributed by atoms with van der Waals surface area (Å²) < 4.78 is 0. The summed E-state index contributed by atoms with van der Waals surface area (Å²) in [4.78, 5) is 194. The van der Waals surface area contributed by atoms with Crippen molar-refractivity contribution in [1.29, 1.82) is 0 Å². The SMILES string of the molecule is CCCC[C@@H]1NC(=O)[C@H](CO)NC(=O)[C@@H]2CSSC[C@@H](C(=O)O)NC(=O)[C@@H]3CCCN3C(=O)[C@H](CCC)NC(=O)[C@H](Cc3c[nH]c4ccccc34)NC(=O)[C@H]([C@H](C)CC)NC(=O)[C@H](CSSC[C@H](NC(=O)CN)C(=O)N2)NC(=O)[C@@H]2CCCN2C(=O)[C@@H]2CCCN2C1=O. The molecule has 1 aromatic carbocycles. The Bertz CT molecular complexity index is 3050. The first-order valence-corrected chi connectivity index (χ1v) is 36.8. The van der Waals surface area contributed by atoms with Crippen LogP contribution in [0.5, 0.6) is 0 Å². The molecule has 13 atom stereocenters. The van der Waals surface area contributed by atoms with Gasteiger partial charge in [0.05, 0.1) is 13.2 Å². The molecule has 0 saturated carbocycles. The molecular weight excluding hydrogens is 1290 g/mol. The van der Waals surface area contributed by atoms with E-state index in [0.29, 0.717) is 50.5 Å². The summed E-state index contributed by atoms with van der Waals surface area (Å²) in [6.45, 7) is 5.91. The van der Waals surface area contributed by atoms with Crippen molar-refractivity contribution in [3.63, 3.8) is 0 Å². The molecule has 5 aliphatic rings. The molecule has 512 valence electrons. The van der Waals surface area contributed by atoms with Crippen molar-refractivity contribution in [2.75, 3.05) is 55.8 Å². The fourth-order valence-electron chi connectivity index (χ4n) is 11.9. The molecule has 5 aliphatic heterocycles. The third-order valence-corrected chi connectivity index (χ3v) is 22.2. The van der Waals surface area contributed by atoms with Crippen LogP contribution >= 0.6 is 43.2 Å². The number of rotatable bonds is 13. The zero-order chi connectivity index (χ0) is 67.5. The highest BCUT2D eigenvalue weighted by Crippen LogP contribution is 2.30. The van der Waals surface area contributed by atoms with Crippen LogP contribution in [0, 0.1) is 5.92 Å². The average molecular weight is 1370 g/mol. The van der Waals surface area contributed by atoms with Crippen molar-refractivity contribution in [2.45, 2.75) is 184 Å². The number of nitrogens with one attached hydrogen (secondary N) is 10. The number of hydrogen-bond acceptors (Lipinski definition) is 19. The lowest BCUT2D eigenvalue weighted by Crippen LogP contribution is -2.61. The van der Waals surface area contributed by atoms with Gasteiger partial charge in [-0.25, -0.2) is 4.79 Å². The van der Waals surface area contributed by atoms with Gasteiger partial charge in [0.1, 0.15) is 72.5 Å². The minimum absolute atomic E-state index is 0.0815. The second-order valence-electron chi connectivity index (χ2n) is 23.8. The number of aliphatic hydroxyl groups excluding tert-OH is 1. The number of carbonyl (C=O) groups is 13. The van der Waals surface area contributed by atoms with Gasteiger partial charge in [-0.05, 0) is 68.9 Å². The Kier molecular flexibility index (Phi) is 28.2. The highest BCUT2D eigenvalue weighted by Gasteiger charge is 2.46. The van der Waals surface area contributed by atoms with Crippen molar-refractivity contribution in [3.05, 3.63) is 36.0 Å². The summed E-state index contributed by atoms with van der Waals surface area (Å²) in [6.07, 6.45) is 5.17. The van der Waals surface area contributed by atoms with Crippen molar-refractivity contribution in [1.82, 2.24) is 67.5 Å². The number of carboxylic acids is 1. The summed E-state index contributed by atoms with van der Waals surface area (Å²) in [5.41, 5.74) is 7.06. The van der Waals surface area contributed by atoms with Gasteiger partial charge < -0.3 is 83.5 Å². The molecule has 0 unspecified atom stereocenters. The second-order valence-corrected chi connectivity index (χ2v) is 29.0. The number of aliphatic carboxylic acids is 1. The number of amides is 12. The Hall–Kier alpha value is -6.81. The van der Waals surface area contributed by atoms with Crippen LogP contribution in [0.15, 0.2) is 30.5 Å². The number of H-pyrrole nitrogens is 1. The Morgan fingerprint density at radius 3 is 1.72 bits per heavy atom. The van der Waals surface area contributed by atoms with E-state index < -0.39 is 168 Å². The largest absolute Gasteiger partial charge is 0.480 e. The third kappa shape index (κ3) is 19.4. The molecule has 0 aliphatic carbocycles. The lowest BCUT2D eigenvalue weighted by molar-refractivity contribution is -0.148. The minimum atomic E-state index is -1.72. The van der Waals surface area contributed by atoms with Crippen molar-refractivity contribution in [3.8, 4) is 0 Å². The van der Waals surface area contributed by atoms with Gasteiger partial charge in [-0.2, -0.15) is 0 Å². The van der Waals surface area contributed by atoms with Gasteiger partial charge in [-0.3, -0.25) is 57.5 Å². The number of fused-ring (bicyclic) bond motifs is 12. The standard InChI is InChI=1S/C60H88N14O15S4/c1-5-8-16-37-58(86)74-23-13-20-46(74)59(87)73-22-12-19-45(73)54(82)69-42-30-91-90-28-40(63-47(76)25-61)51(79)68-41(52(80)67-39(27-75)50(78)65-37)29-92-93-31-43(60(88)89)70-55(83)44-18-11-21-72(44)57(85)36(14-6-2)64-49(77)38(24-33-26-62-35-17-10-9-15-34(33)35)66-56(84)48(32(4)7-3)71-53(42)81/h9-10,15,17,26,32,36-46,48,62,75H,5-8,11-14,16,18-25,27-31,61H2,1-4H3,(H,63,76)(H,64,77)(H,65,78)(H,66,84)(H,67,80)(H,68,79)(H,69,82)(H,70,83)(H,71,81)(H,88,89)/t32-,36+,37+,38+,39+,40+,41+,42+,43+,44+,45+,46+,48+/m1/s1. The number of carbonyl (C=O) groups excluding carboxylic acids is 12. The number of aromatic amines is 1. The number of carboxylic acid groups (broad SMARTS) is 1. The molecule has 33 heteroatoms. The first-order chi connectivity index (χ1) is 44.6. The molecule has 14 N–H and O–H groups in total. The van der Waals surface area contributed by atoms with E-state index in [0.717, 1.165) is 54.1 Å². The molecule has 5 fully saturated rings. The molecule has 6 heterocycles. The number of unbranched alkanes of at least 4 members (excludes halogenated alkanes) is 1. The smallest absolute Gasteiger partial charge is 0.327 e. The van der Waals surface area contributed by atoms with E-state index in [9.17, 15) is 63.0 Å². The average Bonchev–Trinajstić information content (AvgIpc) is 1.79. The van der Waals surface area contributed by atoms with Crippen molar-refractivity contribution < 1.29 is 72.5 Å². The fraction of sp³-hybridized carbons (Fsp3) is 0.650. The van der Waals surface area contributed by atoms with Crippen LogP contribution in [-0.4, -0.2) is 235 Å². The van der Waals surface area contributed by atoms with Gasteiger partial charge in [-0.15, -0.1) is 0 Å². The molecule has 5 saturated heterocycles. The maximum absolute atomic E-state index is 15.1. The molecule has 0 radical (unpaired) electrons. The minimum Gasteiger partial charge on any atom is -0.480 e. The first-order valence-electron chi connectivity index (χ1n) is 31.8. The van der Waals surface area contributed by atoms with Crippen molar-refractivity contribution >= 4 is 131 Å². The Morgan fingerprint density at radius 1 is 0.591 bits per heavy atom. The number of para-hydroxylation sites is 1. The van der Waals surface area contributed by atoms with E-state index in [-0.39, 0.29) is 81.2 Å². The molecule has 1 aromatic heterocycles. The zero-order valence-corrected chi connectivity index (χ0v) is 56.0. The van der Waals surface area contributed by atoms with Crippen LogP contribution in [0.3, 0.4) is 0 Å². The van der Waals surface area contributed by atoms with Gasteiger partial charge in [0.15, 0.2) is 0 Å². The van der Waals surface area contributed by atoms with Crippen LogP contribution in [0.25, 0.3) is 10.9 Å². The summed E-state index contributed by atoms with van der Waals surface area (Å²) in [6, 6.07) is -9.10. The maximum Gasteiger partial charge on any atom is 0.327 e. The fourth-order valence-corrected chi connectivity index (χ4v) is 16.6. The highest BCUT2D eigenvalue weighted by atomic mass is 33.1. The molecular formula is C60H88N14O15S4. The van der Waals surface area contributed by atoms with Gasteiger partial charge in [0.2, 0.25) is 70.9 Å². The monoisotopic (exact) mass is 1370 g/mol. The normalized spacial score (nSPS) is 28.9. The molecule has 93 heavy (non-hydrogen) atoms. The van der Waals surface area contributed by atoms with Gasteiger partial charge in [-0.1, -0.05) is 115 Å². The van der Waals surface area contributed by atoms with E-state index in [4.69, 9.17) is 5.73 Å². The summed E-state index contributed by atoms with van der Waals surface area (Å²) in [5, 5.41) is 46.0. The van der Waals surface area contributed by atoms with Crippen LogP contribution < -0.4 is 53.6 Å². The van der Waals surface area contributed by atoms with Crippen LogP contribution in [-0.2, 0) is 68.7 Å². The van der Waals surface area contributed by atoms with E-state index in [1.165, 1.54) is 14.7 Å².